The van der Waals surface area contributed by atoms with Crippen LogP contribution in [0.4, 0.5) is 5.69 Å². The van der Waals surface area contributed by atoms with Gasteiger partial charge in [0.2, 0.25) is 0 Å². The molecule has 3 N–H and O–H groups in total. The minimum atomic E-state index is -0.954. The molecule has 1 aromatic heterocycles. The maximum Gasteiger partial charge on any atom is 0.338 e. The van der Waals surface area contributed by atoms with Crippen molar-refractivity contribution in [1.82, 2.24) is 0 Å². The standard InChI is InChI=1S/C9H13NO2S/c1-9(2,3)7-6(10)5(4-13-7)8(11)12/h4H,10H2,1-3H3,(H,11,12). The van der Waals surface area contributed by atoms with Crippen LogP contribution in [0.2, 0.25) is 0 Å². The van der Waals surface area contributed by atoms with E-state index in [9.17, 15) is 4.79 Å². The van der Waals surface area contributed by atoms with E-state index in [-0.39, 0.29) is 11.0 Å². The van der Waals surface area contributed by atoms with E-state index in [1.807, 2.05) is 20.8 Å². The molecular formula is C9H13NO2S. The van der Waals surface area contributed by atoms with Crippen molar-refractivity contribution in [2.45, 2.75) is 26.2 Å². The Hall–Kier alpha value is -1.03. The van der Waals surface area contributed by atoms with Gasteiger partial charge in [0.05, 0.1) is 11.3 Å². The summed E-state index contributed by atoms with van der Waals surface area (Å²) in [5.41, 5.74) is 6.26. The van der Waals surface area contributed by atoms with Gasteiger partial charge in [0.25, 0.3) is 0 Å². The summed E-state index contributed by atoms with van der Waals surface area (Å²) < 4.78 is 0. The summed E-state index contributed by atoms with van der Waals surface area (Å²) in [5, 5.41) is 10.4. The Morgan fingerprint density at radius 3 is 2.31 bits per heavy atom. The molecule has 0 fully saturated rings. The van der Waals surface area contributed by atoms with Crippen molar-refractivity contribution >= 4 is 23.0 Å². The van der Waals surface area contributed by atoms with Crippen LogP contribution in [0, 0.1) is 0 Å². The number of nitrogens with two attached hydrogens (primary N) is 1. The first-order valence-corrected chi connectivity index (χ1v) is 4.82. The van der Waals surface area contributed by atoms with Crippen molar-refractivity contribution in [2.24, 2.45) is 0 Å². The van der Waals surface area contributed by atoms with Gasteiger partial charge in [-0.25, -0.2) is 4.79 Å². The summed E-state index contributed by atoms with van der Waals surface area (Å²) >= 11 is 1.41. The average Bonchev–Trinajstić information content (AvgIpc) is 2.28. The third-order valence-corrected chi connectivity index (χ3v) is 3.16. The number of hydrogen-bond acceptors (Lipinski definition) is 3. The number of carbonyl (C=O) groups is 1. The number of carboxylic acids is 1. The third kappa shape index (κ3) is 1.83. The molecule has 1 aromatic rings. The molecule has 0 radical (unpaired) electrons. The number of nitrogen functional groups attached to an aromatic ring is 1. The van der Waals surface area contributed by atoms with Gasteiger partial charge in [-0.2, -0.15) is 0 Å². The fourth-order valence-corrected chi connectivity index (χ4v) is 2.17. The summed E-state index contributed by atoms with van der Waals surface area (Å²) in [7, 11) is 0. The van der Waals surface area contributed by atoms with Crippen molar-refractivity contribution in [3.8, 4) is 0 Å². The molecular weight excluding hydrogens is 186 g/mol. The van der Waals surface area contributed by atoms with E-state index in [0.29, 0.717) is 5.69 Å². The molecule has 0 bridgehead atoms. The SMILES string of the molecule is CC(C)(C)c1scc(C(=O)O)c1N. The highest BCUT2D eigenvalue weighted by Crippen LogP contribution is 2.35. The number of hydrogen-bond donors (Lipinski definition) is 2. The lowest BCUT2D eigenvalue weighted by Gasteiger charge is -2.17. The van der Waals surface area contributed by atoms with E-state index in [2.05, 4.69) is 0 Å². The van der Waals surface area contributed by atoms with E-state index in [1.165, 1.54) is 11.3 Å². The van der Waals surface area contributed by atoms with Gasteiger partial charge < -0.3 is 10.8 Å². The Labute approximate surface area is 81.2 Å². The topological polar surface area (TPSA) is 63.3 Å². The van der Waals surface area contributed by atoms with Gasteiger partial charge in [0.15, 0.2) is 0 Å². The van der Waals surface area contributed by atoms with Gasteiger partial charge in [0, 0.05) is 10.3 Å². The highest BCUT2D eigenvalue weighted by Gasteiger charge is 2.23. The highest BCUT2D eigenvalue weighted by molar-refractivity contribution is 7.11. The molecule has 0 aliphatic heterocycles. The van der Waals surface area contributed by atoms with E-state index in [1.54, 1.807) is 5.38 Å². The molecule has 72 valence electrons. The summed E-state index contributed by atoms with van der Waals surface area (Å²) in [6, 6.07) is 0. The van der Waals surface area contributed by atoms with Crippen LogP contribution < -0.4 is 5.73 Å². The fourth-order valence-electron chi connectivity index (χ4n) is 1.11. The molecule has 1 rings (SSSR count). The van der Waals surface area contributed by atoms with E-state index < -0.39 is 5.97 Å². The summed E-state index contributed by atoms with van der Waals surface area (Å²) in [6.45, 7) is 6.04. The van der Waals surface area contributed by atoms with Gasteiger partial charge >= 0.3 is 5.97 Å². The number of aromatic carboxylic acids is 1. The Morgan fingerprint density at radius 1 is 1.54 bits per heavy atom. The van der Waals surface area contributed by atoms with Gasteiger partial charge in [-0.15, -0.1) is 11.3 Å². The zero-order chi connectivity index (χ0) is 10.2. The van der Waals surface area contributed by atoms with Crippen LogP contribution >= 0.6 is 11.3 Å². The van der Waals surface area contributed by atoms with Gasteiger partial charge in [-0.3, -0.25) is 0 Å². The van der Waals surface area contributed by atoms with Gasteiger partial charge in [-0.1, -0.05) is 20.8 Å². The lowest BCUT2D eigenvalue weighted by atomic mass is 9.93. The Bertz CT molecular complexity index is 336. The van der Waals surface area contributed by atoms with Crippen LogP contribution in [0.1, 0.15) is 36.0 Å². The Balaban J connectivity index is 3.22. The van der Waals surface area contributed by atoms with Crippen LogP contribution in [0.25, 0.3) is 0 Å². The van der Waals surface area contributed by atoms with Crippen molar-refractivity contribution in [3.63, 3.8) is 0 Å². The molecule has 3 nitrogen and oxygen atoms in total. The van der Waals surface area contributed by atoms with Crippen LogP contribution in [-0.2, 0) is 5.41 Å². The molecule has 4 heteroatoms. The predicted molar refractivity (Wildman–Crippen MR) is 54.4 cm³/mol. The minimum Gasteiger partial charge on any atom is -0.478 e. The maximum atomic E-state index is 10.7. The van der Waals surface area contributed by atoms with E-state index in [4.69, 9.17) is 10.8 Å². The number of thiophene rings is 1. The van der Waals surface area contributed by atoms with Crippen molar-refractivity contribution < 1.29 is 9.90 Å². The first-order valence-electron chi connectivity index (χ1n) is 3.94. The molecule has 0 saturated heterocycles. The summed E-state index contributed by atoms with van der Waals surface area (Å²) in [4.78, 5) is 11.6. The summed E-state index contributed by atoms with van der Waals surface area (Å²) in [5.74, 6) is -0.954. The molecule has 0 aliphatic carbocycles. The van der Waals surface area contributed by atoms with Gasteiger partial charge in [0.1, 0.15) is 0 Å². The van der Waals surface area contributed by atoms with Crippen LogP contribution in [0.5, 0.6) is 0 Å². The first kappa shape index (κ1) is 10.1. The molecule has 13 heavy (non-hydrogen) atoms. The molecule has 0 spiro atoms. The number of rotatable bonds is 1. The maximum absolute atomic E-state index is 10.7. The largest absolute Gasteiger partial charge is 0.478 e. The third-order valence-electron chi connectivity index (χ3n) is 1.74. The average molecular weight is 199 g/mol. The molecule has 0 atom stereocenters. The molecule has 0 aliphatic rings. The first-order chi connectivity index (χ1) is 5.84. The second kappa shape index (κ2) is 3.03. The van der Waals surface area contributed by atoms with Crippen LogP contribution in [0.3, 0.4) is 0 Å². The molecule has 0 saturated carbocycles. The van der Waals surface area contributed by atoms with Crippen molar-refractivity contribution in [2.75, 3.05) is 5.73 Å². The quantitative estimate of drug-likeness (QED) is 0.729. The fraction of sp³-hybridized carbons (Fsp3) is 0.444. The van der Waals surface area contributed by atoms with E-state index >= 15 is 0 Å². The lowest BCUT2D eigenvalue weighted by Crippen LogP contribution is -2.12. The van der Waals surface area contributed by atoms with E-state index in [0.717, 1.165) is 4.88 Å². The molecule has 0 amide bonds. The zero-order valence-electron chi connectivity index (χ0n) is 7.92. The second-order valence-electron chi connectivity index (χ2n) is 3.95. The van der Waals surface area contributed by atoms with Gasteiger partial charge in [-0.05, 0) is 5.41 Å². The number of anilines is 1. The number of carboxylic acid groups (broad SMARTS) is 1. The normalized spacial score (nSPS) is 11.6. The van der Waals surface area contributed by atoms with Crippen LogP contribution in [0.15, 0.2) is 5.38 Å². The summed E-state index contributed by atoms with van der Waals surface area (Å²) in [6.07, 6.45) is 0. The monoisotopic (exact) mass is 199 g/mol. The smallest absolute Gasteiger partial charge is 0.338 e. The zero-order valence-corrected chi connectivity index (χ0v) is 8.73. The van der Waals surface area contributed by atoms with Crippen LogP contribution in [-0.4, -0.2) is 11.1 Å². The Morgan fingerprint density at radius 2 is 2.08 bits per heavy atom. The van der Waals surface area contributed by atoms with Crippen molar-refractivity contribution in [1.29, 1.82) is 0 Å². The van der Waals surface area contributed by atoms with Crippen molar-refractivity contribution in [3.05, 3.63) is 15.8 Å². The molecule has 1 heterocycles. The molecule has 0 unspecified atom stereocenters. The second-order valence-corrected chi connectivity index (χ2v) is 4.83. The predicted octanol–water partition coefficient (Wildman–Crippen LogP) is 2.33. The highest BCUT2D eigenvalue weighted by atomic mass is 32.1. The Kier molecular flexibility index (Phi) is 2.34. The lowest BCUT2D eigenvalue weighted by molar-refractivity contribution is 0.0698. The molecule has 0 aromatic carbocycles. The minimum absolute atomic E-state index is 0.0809.